The lowest BCUT2D eigenvalue weighted by molar-refractivity contribution is -0.143. The third-order valence-electron chi connectivity index (χ3n) is 5.59. The monoisotopic (exact) mass is 523 g/mol. The molecule has 1 aromatic carbocycles. The van der Waals surface area contributed by atoms with Crippen LogP contribution >= 0.6 is 0 Å². The Morgan fingerprint density at radius 1 is 1.14 bits per heavy atom. The fourth-order valence-corrected chi connectivity index (χ4v) is 4.01. The molecule has 0 saturated heterocycles. The molecule has 196 valence electrons. The summed E-state index contributed by atoms with van der Waals surface area (Å²) in [6, 6.07) is 4.97. The first kappa shape index (κ1) is 26.1. The molecule has 4 aromatic rings. The van der Waals surface area contributed by atoms with Crippen molar-refractivity contribution < 1.29 is 36.6 Å². The van der Waals surface area contributed by atoms with Gasteiger partial charge in [0.1, 0.15) is 23.9 Å². The minimum atomic E-state index is -4.85. The van der Waals surface area contributed by atoms with Gasteiger partial charge in [-0.3, -0.25) is 13.9 Å². The highest BCUT2D eigenvalue weighted by Gasteiger charge is 2.40. The van der Waals surface area contributed by atoms with Crippen LogP contribution in [0.2, 0.25) is 0 Å². The number of anilines is 1. The van der Waals surface area contributed by atoms with Gasteiger partial charge in [-0.25, -0.2) is 13.8 Å². The van der Waals surface area contributed by atoms with Crippen molar-refractivity contribution in [2.24, 2.45) is 0 Å². The number of pyridine rings is 1. The lowest BCUT2D eigenvalue weighted by Gasteiger charge is -2.13. The maximum atomic E-state index is 14.0. The Kier molecular flexibility index (Phi) is 6.91. The second-order valence-electron chi connectivity index (χ2n) is 8.32. The summed E-state index contributed by atoms with van der Waals surface area (Å²) in [5.74, 6) is -2.35. The first-order chi connectivity index (χ1) is 17.4. The minimum absolute atomic E-state index is 0.0666. The highest BCUT2D eigenvalue weighted by molar-refractivity contribution is 6.05. The number of fused-ring (bicyclic) bond motifs is 1. The number of imidazole rings is 1. The summed E-state index contributed by atoms with van der Waals surface area (Å²) >= 11 is 0. The number of amides is 1. The molecule has 3 aromatic heterocycles. The molecular weight excluding hydrogens is 501 g/mol. The fraction of sp³-hybridized carbons (Fsp3) is 0.292. The molecule has 3 heterocycles. The largest absolute Gasteiger partial charge is 0.485 e. The molecule has 0 radical (unpaired) electrons. The van der Waals surface area contributed by atoms with Gasteiger partial charge in [0.05, 0.1) is 35.8 Å². The van der Waals surface area contributed by atoms with E-state index in [9.17, 15) is 26.7 Å². The van der Waals surface area contributed by atoms with E-state index in [1.165, 1.54) is 30.5 Å². The van der Waals surface area contributed by atoms with Gasteiger partial charge in [-0.1, -0.05) is 6.07 Å². The number of carbonyl (C=O) groups is 1. The number of alkyl halides is 3. The van der Waals surface area contributed by atoms with Crippen LogP contribution in [0.3, 0.4) is 0 Å². The van der Waals surface area contributed by atoms with Crippen LogP contribution in [0.4, 0.5) is 27.6 Å². The number of ether oxygens (including phenoxy) is 1. The molecule has 0 aliphatic rings. The summed E-state index contributed by atoms with van der Waals surface area (Å²) in [6.07, 6.45) is -3.32. The quantitative estimate of drug-likeness (QED) is 0.346. The van der Waals surface area contributed by atoms with Gasteiger partial charge in [0.15, 0.2) is 17.1 Å². The summed E-state index contributed by atoms with van der Waals surface area (Å²) in [7, 11) is 0. The van der Waals surface area contributed by atoms with E-state index >= 15 is 0 Å². The molecule has 0 fully saturated rings. The highest BCUT2D eigenvalue weighted by atomic mass is 19.4. The molecule has 13 heteroatoms. The maximum absolute atomic E-state index is 14.0. The third kappa shape index (κ3) is 4.99. The lowest BCUT2D eigenvalue weighted by Crippen LogP contribution is -2.21. The molecule has 0 aliphatic heterocycles. The van der Waals surface area contributed by atoms with Crippen molar-refractivity contribution in [3.8, 4) is 5.75 Å². The van der Waals surface area contributed by atoms with Gasteiger partial charge in [-0.2, -0.15) is 18.3 Å². The van der Waals surface area contributed by atoms with Crippen LogP contribution in [0.1, 0.15) is 38.7 Å². The summed E-state index contributed by atoms with van der Waals surface area (Å²) in [5, 5.41) is 15.2. The van der Waals surface area contributed by atoms with Crippen molar-refractivity contribution in [2.75, 3.05) is 11.9 Å². The van der Waals surface area contributed by atoms with Gasteiger partial charge in [0.25, 0.3) is 5.91 Å². The first-order valence-corrected chi connectivity index (χ1v) is 11.0. The minimum Gasteiger partial charge on any atom is -0.485 e. The standard InChI is InChI=1S/C24H22F5N5O3/c1-12-9-18(37-11-15-16(25)5-4-6-17(15)26)22-30-14(3)20(33(22)10-12)23(36)31-19-13(2)32-34(7-8-35)21(19)24(27,28)29/h4-6,9-10,35H,7-8,11H2,1-3H3,(H,31,36). The van der Waals surface area contributed by atoms with Gasteiger partial charge >= 0.3 is 6.18 Å². The normalized spacial score (nSPS) is 11.8. The van der Waals surface area contributed by atoms with E-state index < -0.39 is 54.9 Å². The maximum Gasteiger partial charge on any atom is 0.435 e. The number of nitrogens with zero attached hydrogens (tertiary/aromatic N) is 4. The zero-order valence-electron chi connectivity index (χ0n) is 20.0. The van der Waals surface area contributed by atoms with Crippen LogP contribution in [-0.2, 0) is 19.3 Å². The number of aryl methyl sites for hydroxylation is 3. The van der Waals surface area contributed by atoms with Gasteiger partial charge in [-0.15, -0.1) is 0 Å². The molecule has 0 aliphatic carbocycles. The molecule has 0 bridgehead atoms. The SMILES string of the molecule is Cc1cc(OCc2c(F)cccc2F)c2nc(C)c(C(=O)Nc3c(C)nn(CCO)c3C(F)(F)F)n2c1. The number of nitrogens with one attached hydrogen (secondary N) is 1. The van der Waals surface area contributed by atoms with E-state index in [-0.39, 0.29) is 34.0 Å². The molecule has 0 spiro atoms. The summed E-state index contributed by atoms with van der Waals surface area (Å²) in [5.41, 5.74) is -1.29. The van der Waals surface area contributed by atoms with Crippen molar-refractivity contribution in [2.45, 2.75) is 40.1 Å². The van der Waals surface area contributed by atoms with Crippen molar-refractivity contribution in [3.63, 3.8) is 0 Å². The number of rotatable bonds is 7. The van der Waals surface area contributed by atoms with E-state index in [0.29, 0.717) is 10.2 Å². The summed E-state index contributed by atoms with van der Waals surface area (Å²) in [6.45, 7) is 3.02. The lowest BCUT2D eigenvalue weighted by atomic mass is 10.2. The molecular formula is C24H22F5N5O3. The van der Waals surface area contributed by atoms with Crippen LogP contribution in [0.25, 0.3) is 5.65 Å². The van der Waals surface area contributed by atoms with E-state index in [1.807, 2.05) is 0 Å². The Bertz CT molecular complexity index is 1470. The number of hydrogen-bond acceptors (Lipinski definition) is 5. The molecule has 2 N–H and O–H groups in total. The molecule has 4 rings (SSSR count). The molecule has 1 amide bonds. The first-order valence-electron chi connectivity index (χ1n) is 11.0. The number of hydrogen-bond donors (Lipinski definition) is 2. The van der Waals surface area contributed by atoms with Crippen LogP contribution in [0, 0.1) is 32.4 Å². The average molecular weight is 523 g/mol. The van der Waals surface area contributed by atoms with Gasteiger partial charge < -0.3 is 15.2 Å². The Labute approximate surface area is 207 Å². The molecule has 37 heavy (non-hydrogen) atoms. The zero-order valence-corrected chi connectivity index (χ0v) is 20.0. The zero-order chi connectivity index (χ0) is 27.1. The smallest absolute Gasteiger partial charge is 0.435 e. The number of aromatic nitrogens is 4. The van der Waals surface area contributed by atoms with E-state index in [1.54, 1.807) is 13.0 Å². The second-order valence-corrected chi connectivity index (χ2v) is 8.32. The molecule has 8 nitrogen and oxygen atoms in total. The topological polar surface area (TPSA) is 93.7 Å². The predicted octanol–water partition coefficient (Wildman–Crippen LogP) is 4.58. The Hall–Kier alpha value is -4.00. The van der Waals surface area contributed by atoms with Crippen LogP contribution < -0.4 is 10.1 Å². The predicted molar refractivity (Wildman–Crippen MR) is 122 cm³/mol. The Morgan fingerprint density at radius 3 is 2.43 bits per heavy atom. The van der Waals surface area contributed by atoms with Crippen molar-refractivity contribution >= 4 is 17.2 Å². The number of aliphatic hydroxyl groups is 1. The van der Waals surface area contributed by atoms with Crippen molar-refractivity contribution in [1.29, 1.82) is 0 Å². The summed E-state index contributed by atoms with van der Waals surface area (Å²) < 4.78 is 77.0. The number of carbonyl (C=O) groups excluding carboxylic acids is 1. The molecule has 0 unspecified atom stereocenters. The molecule has 0 saturated carbocycles. The Balaban J connectivity index is 1.72. The highest BCUT2D eigenvalue weighted by Crippen LogP contribution is 2.37. The van der Waals surface area contributed by atoms with Crippen LogP contribution in [0.5, 0.6) is 5.75 Å². The van der Waals surface area contributed by atoms with Gasteiger partial charge in [0.2, 0.25) is 0 Å². The fourth-order valence-electron chi connectivity index (χ4n) is 4.01. The third-order valence-corrected chi connectivity index (χ3v) is 5.59. The van der Waals surface area contributed by atoms with E-state index in [4.69, 9.17) is 9.84 Å². The van der Waals surface area contributed by atoms with E-state index in [0.717, 1.165) is 12.1 Å². The van der Waals surface area contributed by atoms with Crippen molar-refractivity contribution in [3.05, 3.63) is 76.0 Å². The number of aliphatic hydroxyl groups excluding tert-OH is 1. The van der Waals surface area contributed by atoms with Crippen LogP contribution in [0.15, 0.2) is 30.5 Å². The number of benzene rings is 1. The number of halogens is 5. The Morgan fingerprint density at radius 2 is 1.81 bits per heavy atom. The summed E-state index contributed by atoms with van der Waals surface area (Å²) in [4.78, 5) is 17.5. The van der Waals surface area contributed by atoms with Crippen LogP contribution in [-0.4, -0.2) is 36.8 Å². The molecule has 0 atom stereocenters. The van der Waals surface area contributed by atoms with E-state index in [2.05, 4.69) is 15.4 Å². The average Bonchev–Trinajstić information content (AvgIpc) is 3.29. The van der Waals surface area contributed by atoms with Gasteiger partial charge in [-0.05, 0) is 44.5 Å². The van der Waals surface area contributed by atoms with Gasteiger partial charge in [0, 0.05) is 6.20 Å². The second kappa shape index (κ2) is 9.81. The van der Waals surface area contributed by atoms with Crippen molar-refractivity contribution in [1.82, 2.24) is 19.2 Å².